The molecule has 2 heterocycles. The van der Waals surface area contributed by atoms with Crippen LogP contribution in [-0.4, -0.2) is 40.1 Å². The summed E-state index contributed by atoms with van der Waals surface area (Å²) >= 11 is 0. The van der Waals surface area contributed by atoms with Gasteiger partial charge in [0.05, 0.1) is 6.54 Å². The van der Waals surface area contributed by atoms with Gasteiger partial charge in [0.2, 0.25) is 0 Å². The van der Waals surface area contributed by atoms with Crippen LogP contribution in [-0.2, 0) is 13.1 Å². The molecule has 1 aromatic rings. The Hall–Kier alpha value is -0.870. The van der Waals surface area contributed by atoms with E-state index in [1.165, 1.54) is 18.7 Å². The van der Waals surface area contributed by atoms with Gasteiger partial charge in [0.15, 0.2) is 0 Å². The van der Waals surface area contributed by atoms with Gasteiger partial charge in [-0.25, -0.2) is 4.98 Å². The van der Waals surface area contributed by atoms with Crippen molar-refractivity contribution in [1.29, 1.82) is 0 Å². The molecule has 0 saturated heterocycles. The molecule has 1 aromatic heterocycles. The number of hydrogen-bond donors (Lipinski definition) is 1. The van der Waals surface area contributed by atoms with E-state index in [1.807, 2.05) is 6.20 Å². The Morgan fingerprint density at radius 1 is 1.41 bits per heavy atom. The summed E-state index contributed by atoms with van der Waals surface area (Å²) in [7, 11) is 0. The number of aromatic nitrogens is 2. The summed E-state index contributed by atoms with van der Waals surface area (Å²) in [6, 6.07) is 0.658. The second-order valence-corrected chi connectivity index (χ2v) is 4.76. The van der Waals surface area contributed by atoms with Gasteiger partial charge in [0, 0.05) is 38.1 Å². The largest absolute Gasteiger partial charge is 0.333 e. The Bertz CT molecular complexity index is 334. The zero-order valence-corrected chi connectivity index (χ0v) is 11.0. The molecule has 1 N–H and O–H groups in total. The van der Waals surface area contributed by atoms with Gasteiger partial charge in [-0.3, -0.25) is 4.90 Å². The normalized spacial score (nSPS) is 18.0. The lowest BCUT2D eigenvalue weighted by Gasteiger charge is -2.35. The lowest BCUT2D eigenvalue weighted by atomic mass is 10.1. The van der Waals surface area contributed by atoms with E-state index < -0.39 is 0 Å². The van der Waals surface area contributed by atoms with E-state index >= 15 is 0 Å². The van der Waals surface area contributed by atoms with Gasteiger partial charge in [0.1, 0.15) is 5.82 Å². The van der Waals surface area contributed by atoms with Gasteiger partial charge in [-0.1, -0.05) is 20.3 Å². The maximum absolute atomic E-state index is 4.43. The minimum atomic E-state index is 0.658. The van der Waals surface area contributed by atoms with Crippen molar-refractivity contribution in [1.82, 2.24) is 19.8 Å². The topological polar surface area (TPSA) is 33.1 Å². The van der Waals surface area contributed by atoms with Gasteiger partial charge in [0.25, 0.3) is 0 Å². The predicted octanol–water partition coefficient (Wildman–Crippen LogP) is 1.48. The summed E-state index contributed by atoms with van der Waals surface area (Å²) in [6.07, 6.45) is 6.53. The Kier molecular flexibility index (Phi) is 4.57. The molecule has 0 aromatic carbocycles. The highest BCUT2D eigenvalue weighted by molar-refractivity contribution is 4.96. The summed E-state index contributed by atoms with van der Waals surface area (Å²) in [4.78, 5) is 7.01. The van der Waals surface area contributed by atoms with Gasteiger partial charge in [-0.15, -0.1) is 0 Å². The number of imidazole rings is 1. The summed E-state index contributed by atoms with van der Waals surface area (Å²) in [6.45, 7) is 9.84. The minimum Gasteiger partial charge on any atom is -0.333 e. The van der Waals surface area contributed by atoms with Crippen LogP contribution in [0.15, 0.2) is 12.4 Å². The zero-order chi connectivity index (χ0) is 12.1. The van der Waals surface area contributed by atoms with Gasteiger partial charge < -0.3 is 9.88 Å². The summed E-state index contributed by atoms with van der Waals surface area (Å²) in [5, 5.41) is 3.48. The Morgan fingerprint density at radius 3 is 3.06 bits per heavy atom. The van der Waals surface area contributed by atoms with Crippen LogP contribution in [0.25, 0.3) is 0 Å². The second-order valence-electron chi connectivity index (χ2n) is 4.76. The monoisotopic (exact) mass is 236 g/mol. The molecule has 1 unspecified atom stereocenters. The molecule has 0 radical (unpaired) electrons. The van der Waals surface area contributed by atoms with E-state index in [0.717, 1.165) is 32.7 Å². The van der Waals surface area contributed by atoms with E-state index in [4.69, 9.17) is 0 Å². The fraction of sp³-hybridized carbons (Fsp3) is 0.769. The summed E-state index contributed by atoms with van der Waals surface area (Å²) in [5.41, 5.74) is 0. The second kappa shape index (κ2) is 6.17. The van der Waals surface area contributed by atoms with E-state index in [9.17, 15) is 0 Å². The summed E-state index contributed by atoms with van der Waals surface area (Å²) < 4.78 is 2.27. The third-order valence-corrected chi connectivity index (χ3v) is 3.54. The Morgan fingerprint density at radius 2 is 2.29 bits per heavy atom. The SMILES string of the molecule is CCCC(CNCC)N1CCn2ccnc2C1. The third-order valence-electron chi connectivity index (χ3n) is 3.54. The highest BCUT2D eigenvalue weighted by atomic mass is 15.3. The van der Waals surface area contributed by atoms with Crippen molar-refractivity contribution in [3.8, 4) is 0 Å². The van der Waals surface area contributed by atoms with Crippen LogP contribution in [0.1, 0.15) is 32.5 Å². The van der Waals surface area contributed by atoms with E-state index in [2.05, 4.69) is 39.8 Å². The highest BCUT2D eigenvalue weighted by Gasteiger charge is 2.22. The lowest BCUT2D eigenvalue weighted by Crippen LogP contribution is -2.46. The fourth-order valence-corrected chi connectivity index (χ4v) is 2.56. The van der Waals surface area contributed by atoms with Crippen molar-refractivity contribution in [3.05, 3.63) is 18.2 Å². The van der Waals surface area contributed by atoms with E-state index in [1.54, 1.807) is 0 Å². The molecule has 0 amide bonds. The first-order valence-corrected chi connectivity index (χ1v) is 6.80. The first-order valence-electron chi connectivity index (χ1n) is 6.80. The van der Waals surface area contributed by atoms with Gasteiger partial charge in [-0.2, -0.15) is 0 Å². The molecular formula is C13H24N4. The van der Waals surface area contributed by atoms with Crippen LogP contribution in [0, 0.1) is 0 Å². The molecular weight excluding hydrogens is 212 g/mol. The molecule has 0 aliphatic carbocycles. The Balaban J connectivity index is 1.96. The molecule has 2 rings (SSSR count). The maximum atomic E-state index is 4.43. The van der Waals surface area contributed by atoms with Crippen molar-refractivity contribution >= 4 is 0 Å². The molecule has 1 aliphatic heterocycles. The van der Waals surface area contributed by atoms with Gasteiger partial charge in [-0.05, 0) is 13.0 Å². The quantitative estimate of drug-likeness (QED) is 0.812. The van der Waals surface area contributed by atoms with Crippen molar-refractivity contribution in [2.24, 2.45) is 0 Å². The number of hydrogen-bond acceptors (Lipinski definition) is 3. The average molecular weight is 236 g/mol. The number of nitrogens with one attached hydrogen (secondary N) is 1. The van der Waals surface area contributed by atoms with Crippen molar-refractivity contribution < 1.29 is 0 Å². The molecule has 1 atom stereocenters. The Labute approximate surface area is 104 Å². The third kappa shape index (κ3) is 3.07. The molecule has 0 fully saturated rings. The van der Waals surface area contributed by atoms with Crippen molar-refractivity contribution in [2.75, 3.05) is 19.6 Å². The molecule has 4 nitrogen and oxygen atoms in total. The van der Waals surface area contributed by atoms with Crippen LogP contribution >= 0.6 is 0 Å². The highest BCUT2D eigenvalue weighted by Crippen LogP contribution is 2.15. The number of fused-ring (bicyclic) bond motifs is 1. The fourth-order valence-electron chi connectivity index (χ4n) is 2.56. The standard InChI is InChI=1S/C13H24N4/c1-3-5-12(10-14-4-2)17-9-8-16-7-6-15-13(16)11-17/h6-7,12,14H,3-5,8-11H2,1-2H3. The molecule has 17 heavy (non-hydrogen) atoms. The van der Waals surface area contributed by atoms with Crippen molar-refractivity contribution in [3.63, 3.8) is 0 Å². The first-order chi connectivity index (χ1) is 8.35. The molecule has 0 saturated carbocycles. The first kappa shape index (κ1) is 12.6. The molecule has 1 aliphatic rings. The van der Waals surface area contributed by atoms with Crippen LogP contribution < -0.4 is 5.32 Å². The van der Waals surface area contributed by atoms with Crippen LogP contribution in [0.4, 0.5) is 0 Å². The van der Waals surface area contributed by atoms with Crippen LogP contribution in [0.3, 0.4) is 0 Å². The van der Waals surface area contributed by atoms with E-state index in [-0.39, 0.29) is 0 Å². The molecule has 96 valence electrons. The zero-order valence-electron chi connectivity index (χ0n) is 11.0. The summed E-state index contributed by atoms with van der Waals surface area (Å²) in [5.74, 6) is 1.22. The average Bonchev–Trinajstić information content (AvgIpc) is 2.81. The van der Waals surface area contributed by atoms with Crippen LogP contribution in [0.2, 0.25) is 0 Å². The smallest absolute Gasteiger partial charge is 0.122 e. The number of nitrogens with zero attached hydrogens (tertiary/aromatic N) is 3. The molecule has 4 heteroatoms. The number of rotatable bonds is 6. The number of likely N-dealkylation sites (N-methyl/N-ethyl adjacent to an activating group) is 1. The molecule has 0 spiro atoms. The minimum absolute atomic E-state index is 0.658. The molecule has 0 bridgehead atoms. The van der Waals surface area contributed by atoms with Crippen molar-refractivity contribution in [2.45, 2.75) is 45.8 Å². The van der Waals surface area contributed by atoms with E-state index in [0.29, 0.717) is 6.04 Å². The predicted molar refractivity (Wildman–Crippen MR) is 69.9 cm³/mol. The van der Waals surface area contributed by atoms with Gasteiger partial charge >= 0.3 is 0 Å². The maximum Gasteiger partial charge on any atom is 0.122 e. The van der Waals surface area contributed by atoms with Crippen LogP contribution in [0.5, 0.6) is 0 Å². The lowest BCUT2D eigenvalue weighted by molar-refractivity contribution is 0.141.